The molecular formula is C29H29N3O5. The zero-order chi connectivity index (χ0) is 26.2. The fraction of sp³-hybridized carbons (Fsp3) is 0.241. The molecule has 190 valence electrons. The smallest absolute Gasteiger partial charge is 0.328 e. The maximum Gasteiger partial charge on any atom is 0.328 e. The van der Waals surface area contributed by atoms with E-state index in [1.807, 2.05) is 84.9 Å². The van der Waals surface area contributed by atoms with Gasteiger partial charge in [0.25, 0.3) is 0 Å². The molecule has 37 heavy (non-hydrogen) atoms. The Kier molecular flexibility index (Phi) is 8.30. The lowest BCUT2D eigenvalue weighted by atomic mass is 9.99. The van der Waals surface area contributed by atoms with E-state index in [2.05, 4.69) is 16.0 Å². The number of hydrogen-bond acceptors (Lipinski definition) is 5. The van der Waals surface area contributed by atoms with Gasteiger partial charge in [-0.05, 0) is 22.3 Å². The summed E-state index contributed by atoms with van der Waals surface area (Å²) in [6, 6.07) is 24.3. The van der Waals surface area contributed by atoms with E-state index in [0.29, 0.717) is 6.42 Å². The van der Waals surface area contributed by atoms with Gasteiger partial charge < -0.3 is 20.7 Å². The second-order valence-electron chi connectivity index (χ2n) is 8.93. The molecule has 0 aliphatic carbocycles. The third kappa shape index (κ3) is 6.82. The Morgan fingerprint density at radius 2 is 1.35 bits per heavy atom. The zero-order valence-electron chi connectivity index (χ0n) is 20.5. The second-order valence-corrected chi connectivity index (χ2v) is 8.93. The lowest BCUT2D eigenvalue weighted by Gasteiger charge is -2.29. The van der Waals surface area contributed by atoms with Crippen LogP contribution in [0.25, 0.3) is 11.1 Å². The lowest BCUT2D eigenvalue weighted by molar-refractivity contribution is -0.145. The number of carbonyl (C=O) groups excluding carboxylic acids is 4. The highest BCUT2D eigenvalue weighted by atomic mass is 16.5. The van der Waals surface area contributed by atoms with Crippen LogP contribution >= 0.6 is 0 Å². The Balaban J connectivity index is 1.34. The Labute approximate surface area is 215 Å². The average Bonchev–Trinajstić information content (AvgIpc) is 2.92. The molecule has 1 aliphatic rings. The second kappa shape index (κ2) is 12.0. The monoisotopic (exact) mass is 499 g/mol. The van der Waals surface area contributed by atoms with Gasteiger partial charge in [-0.15, -0.1) is 0 Å². The van der Waals surface area contributed by atoms with E-state index in [-0.39, 0.29) is 18.7 Å². The third-order valence-electron chi connectivity index (χ3n) is 6.26. The topological polar surface area (TPSA) is 114 Å². The van der Waals surface area contributed by atoms with Gasteiger partial charge in [-0.1, -0.05) is 84.9 Å². The molecule has 8 nitrogen and oxygen atoms in total. The Morgan fingerprint density at radius 1 is 0.784 bits per heavy atom. The van der Waals surface area contributed by atoms with Crippen LogP contribution in [0.3, 0.4) is 0 Å². The van der Waals surface area contributed by atoms with Gasteiger partial charge in [0.1, 0.15) is 18.1 Å². The van der Waals surface area contributed by atoms with E-state index in [9.17, 15) is 19.2 Å². The van der Waals surface area contributed by atoms with Crippen LogP contribution in [0, 0.1) is 0 Å². The molecule has 1 aliphatic heterocycles. The third-order valence-corrected chi connectivity index (χ3v) is 6.26. The summed E-state index contributed by atoms with van der Waals surface area (Å²) in [6.07, 6.45) is 0.275. The largest absolute Gasteiger partial charge is 0.467 e. The standard InChI is InChI=1S/C29H29N3O5/c1-37-29(36)25(17-20-12-14-22(15-13-20)21-10-6-3-7-11-21)30-26(33)18-24-28(35)31-23(27(34)32-24)16-19-8-4-2-5-9-19/h2-15,23-25H,16-18H2,1H3,(H,30,33)(H,31,35)(H,32,34)/t23-,24-,25+/m0/s1. The number of rotatable bonds is 9. The van der Waals surface area contributed by atoms with Crippen molar-refractivity contribution in [3.63, 3.8) is 0 Å². The first-order chi connectivity index (χ1) is 17.9. The van der Waals surface area contributed by atoms with E-state index in [0.717, 1.165) is 22.3 Å². The summed E-state index contributed by atoms with van der Waals surface area (Å²) < 4.78 is 4.87. The van der Waals surface area contributed by atoms with Gasteiger partial charge in [-0.3, -0.25) is 14.4 Å². The van der Waals surface area contributed by atoms with Crippen molar-refractivity contribution in [3.05, 3.63) is 96.1 Å². The Morgan fingerprint density at radius 3 is 2.00 bits per heavy atom. The molecule has 0 aromatic heterocycles. The van der Waals surface area contributed by atoms with Crippen LogP contribution in [0.5, 0.6) is 0 Å². The fourth-order valence-corrected chi connectivity index (χ4v) is 4.29. The van der Waals surface area contributed by atoms with Crippen molar-refractivity contribution in [2.45, 2.75) is 37.4 Å². The molecule has 1 saturated heterocycles. The SMILES string of the molecule is COC(=O)[C@@H](Cc1ccc(-c2ccccc2)cc1)NC(=O)C[C@@H]1NC(=O)[C@H](Cc2ccccc2)NC1=O. The maximum absolute atomic E-state index is 12.7. The number of piperazine rings is 1. The summed E-state index contributed by atoms with van der Waals surface area (Å²) in [4.78, 5) is 50.3. The van der Waals surface area contributed by atoms with Gasteiger partial charge in [0, 0.05) is 12.8 Å². The predicted molar refractivity (Wildman–Crippen MR) is 138 cm³/mol. The first-order valence-corrected chi connectivity index (χ1v) is 12.1. The van der Waals surface area contributed by atoms with Crippen molar-refractivity contribution >= 4 is 23.7 Å². The number of nitrogens with one attached hydrogen (secondary N) is 3. The molecule has 0 saturated carbocycles. The van der Waals surface area contributed by atoms with Crippen molar-refractivity contribution in [2.24, 2.45) is 0 Å². The van der Waals surface area contributed by atoms with Crippen molar-refractivity contribution in [2.75, 3.05) is 7.11 Å². The molecule has 8 heteroatoms. The van der Waals surface area contributed by atoms with Gasteiger partial charge in [0.2, 0.25) is 17.7 Å². The molecule has 4 rings (SSSR count). The summed E-state index contributed by atoms with van der Waals surface area (Å²) in [5.74, 6) is -1.94. The first-order valence-electron chi connectivity index (χ1n) is 12.1. The molecule has 1 fully saturated rings. The van der Waals surface area contributed by atoms with Gasteiger partial charge in [0.05, 0.1) is 13.5 Å². The fourth-order valence-electron chi connectivity index (χ4n) is 4.29. The molecule has 0 unspecified atom stereocenters. The van der Waals surface area contributed by atoms with E-state index in [1.165, 1.54) is 7.11 Å². The molecule has 0 radical (unpaired) electrons. The number of amides is 3. The molecular weight excluding hydrogens is 470 g/mol. The summed E-state index contributed by atoms with van der Waals surface area (Å²) in [5, 5.41) is 7.97. The highest BCUT2D eigenvalue weighted by Crippen LogP contribution is 2.20. The van der Waals surface area contributed by atoms with E-state index < -0.39 is 35.9 Å². The molecule has 3 aromatic rings. The number of methoxy groups -OCH3 is 1. The van der Waals surface area contributed by atoms with Crippen LogP contribution in [-0.2, 0) is 36.8 Å². The van der Waals surface area contributed by atoms with Crippen molar-refractivity contribution in [1.29, 1.82) is 0 Å². The molecule has 0 bridgehead atoms. The highest BCUT2D eigenvalue weighted by molar-refractivity contribution is 5.99. The molecule has 3 aromatic carbocycles. The summed E-state index contributed by atoms with van der Waals surface area (Å²) in [5.41, 5.74) is 3.86. The molecule has 3 N–H and O–H groups in total. The number of ether oxygens (including phenoxy) is 1. The quantitative estimate of drug-likeness (QED) is 0.391. The highest BCUT2D eigenvalue weighted by Gasteiger charge is 2.35. The van der Waals surface area contributed by atoms with Crippen LogP contribution in [0.15, 0.2) is 84.9 Å². The lowest BCUT2D eigenvalue weighted by Crippen LogP contribution is -2.63. The van der Waals surface area contributed by atoms with Crippen molar-refractivity contribution < 1.29 is 23.9 Å². The van der Waals surface area contributed by atoms with Gasteiger partial charge in [-0.25, -0.2) is 4.79 Å². The van der Waals surface area contributed by atoms with Gasteiger partial charge in [-0.2, -0.15) is 0 Å². The Bertz CT molecular complexity index is 1250. The molecule has 3 amide bonds. The van der Waals surface area contributed by atoms with Gasteiger partial charge >= 0.3 is 5.97 Å². The minimum atomic E-state index is -1.03. The minimum Gasteiger partial charge on any atom is -0.467 e. The summed E-state index contributed by atoms with van der Waals surface area (Å²) >= 11 is 0. The zero-order valence-corrected chi connectivity index (χ0v) is 20.5. The van der Waals surface area contributed by atoms with Crippen molar-refractivity contribution in [3.8, 4) is 11.1 Å². The van der Waals surface area contributed by atoms with E-state index in [1.54, 1.807) is 0 Å². The van der Waals surface area contributed by atoms with Crippen LogP contribution in [0.2, 0.25) is 0 Å². The first kappa shape index (κ1) is 25.6. The number of carbonyl (C=O) groups is 4. The summed E-state index contributed by atoms with van der Waals surface area (Å²) in [6.45, 7) is 0. The average molecular weight is 500 g/mol. The van der Waals surface area contributed by atoms with Gasteiger partial charge in [0.15, 0.2) is 0 Å². The Hall–Kier alpha value is -4.46. The predicted octanol–water partition coefficient (Wildman–Crippen LogP) is 2.17. The van der Waals surface area contributed by atoms with Crippen molar-refractivity contribution in [1.82, 2.24) is 16.0 Å². The summed E-state index contributed by atoms with van der Waals surface area (Å²) in [7, 11) is 1.25. The minimum absolute atomic E-state index is 0.218. The number of esters is 1. The number of hydrogen-bond donors (Lipinski definition) is 3. The molecule has 3 atom stereocenters. The molecule has 1 heterocycles. The van der Waals surface area contributed by atoms with E-state index in [4.69, 9.17) is 4.74 Å². The molecule has 0 spiro atoms. The van der Waals surface area contributed by atoms with Crippen LogP contribution in [0.4, 0.5) is 0 Å². The van der Waals surface area contributed by atoms with Crippen LogP contribution in [-0.4, -0.2) is 48.9 Å². The van der Waals surface area contributed by atoms with Crippen LogP contribution in [0.1, 0.15) is 17.5 Å². The van der Waals surface area contributed by atoms with E-state index >= 15 is 0 Å². The maximum atomic E-state index is 12.7. The number of benzene rings is 3. The van der Waals surface area contributed by atoms with Crippen LogP contribution < -0.4 is 16.0 Å². The normalized spacial score (nSPS) is 17.8.